The number of aryl methyl sites for hydroxylation is 1. The summed E-state index contributed by atoms with van der Waals surface area (Å²) in [5, 5.41) is 22.5. The van der Waals surface area contributed by atoms with Crippen molar-refractivity contribution >= 4 is 85.2 Å². The molecule has 2 N–H and O–H groups in total. The molecular weight excluding hydrogens is 1500 g/mol. The molecule has 0 atom stereocenters. The molecule has 0 spiro atoms. The Morgan fingerprint density at radius 2 is 0.982 bits per heavy atom. The number of carbonyl (C=O) groups excluding carboxylic acids is 3. The second-order valence-electron chi connectivity index (χ2n) is 25.9. The Balaban J connectivity index is 0.000000168. The summed E-state index contributed by atoms with van der Waals surface area (Å²) in [4.78, 5) is 98.1. The van der Waals surface area contributed by atoms with Crippen LogP contribution in [0.5, 0.6) is 0 Å². The lowest BCUT2D eigenvalue weighted by Crippen LogP contribution is -2.41. The molecule has 0 unspecified atom stereocenters. The van der Waals surface area contributed by atoms with E-state index in [2.05, 4.69) is 51.3 Å². The maximum Gasteiger partial charge on any atom is 0.498 e. The number of H-pyrrole nitrogens is 1. The highest BCUT2D eigenvalue weighted by atomic mass is 79.9. The van der Waals surface area contributed by atoms with Crippen LogP contribution in [0.2, 0.25) is 0 Å². The van der Waals surface area contributed by atoms with Crippen molar-refractivity contribution in [3.8, 4) is 22.3 Å². The predicted octanol–water partition coefficient (Wildman–Crippen LogP) is 12.8. The van der Waals surface area contributed by atoms with Crippen LogP contribution < -0.4 is 21.7 Å². The van der Waals surface area contributed by atoms with Crippen molar-refractivity contribution < 1.29 is 79.9 Å². The number of ether oxygens (including phenoxy) is 3. The van der Waals surface area contributed by atoms with E-state index in [-0.39, 0.29) is 60.5 Å². The van der Waals surface area contributed by atoms with E-state index in [1.807, 2.05) is 61.6 Å². The fourth-order valence-electron chi connectivity index (χ4n) is 10.9. The molecule has 12 aromatic rings. The summed E-state index contributed by atoms with van der Waals surface area (Å²) in [6.07, 6.45) is 17.7. The Hall–Kier alpha value is -11.8. The first-order valence-electron chi connectivity index (χ1n) is 34.0. The molecule has 109 heavy (non-hydrogen) atoms. The van der Waals surface area contributed by atoms with Gasteiger partial charge in [-0.05, 0) is 146 Å². The molecule has 1 aliphatic rings. The van der Waals surface area contributed by atoms with Crippen LogP contribution in [0, 0.1) is 34.9 Å². The van der Waals surface area contributed by atoms with Crippen LogP contribution in [0.25, 0.3) is 55.0 Å². The zero-order valence-corrected chi connectivity index (χ0v) is 61.8. The number of fused-ring (bicyclic) bond motifs is 3. The third kappa shape index (κ3) is 18.6. The first kappa shape index (κ1) is 79.8. The quantitative estimate of drug-likeness (QED) is 0.0417. The number of benzene rings is 3. The molecule has 13 rings (SSSR count). The molecule has 0 radical (unpaired) electrons. The number of rotatable bonds is 15. The molecule has 0 aliphatic carbocycles. The molecule has 1 fully saturated rings. The number of hydrogen-bond acceptors (Lipinski definition) is 18. The van der Waals surface area contributed by atoms with E-state index < -0.39 is 128 Å². The van der Waals surface area contributed by atoms with Gasteiger partial charge >= 0.3 is 31.1 Å². The highest BCUT2D eigenvalue weighted by molar-refractivity contribution is 9.10. The SMILES string of the molecule is CC(C)(C)OC(=O)n1cc(B2OC(C)(C)C(C)(C)O2)cn1.CCOC(=O)c1cn(Cc2ccc(-c3cn[nH]c3)cn2)c2c(F)ccc(F)c2c1=O.CCOC(=O)c1cn(Cc2ccc(Br)cn2)c2c(F)ccc(F)c2c1=O.CCn1cc(-c2ccc(Cn3cc(C(=O)O)c(=O)c4c(F)ccc(F)c43)nc2)cn1.[2H]CF. The van der Waals surface area contributed by atoms with Gasteiger partial charge in [-0.25, -0.2) is 45.5 Å². The maximum atomic E-state index is 14.6. The van der Waals surface area contributed by atoms with Crippen molar-refractivity contribution in [2.45, 2.75) is 112 Å². The number of carbonyl (C=O) groups is 4. The zero-order valence-electron chi connectivity index (χ0n) is 61.2. The van der Waals surface area contributed by atoms with Gasteiger partial charge in [0.2, 0.25) is 16.3 Å². The van der Waals surface area contributed by atoms with Crippen LogP contribution in [0.1, 0.15) is 119 Å². The number of esters is 2. The van der Waals surface area contributed by atoms with Gasteiger partial charge in [0, 0.05) is 101 Å². The lowest BCUT2D eigenvalue weighted by Gasteiger charge is -2.32. The summed E-state index contributed by atoms with van der Waals surface area (Å²) in [5.74, 6) is -8.50. The average molecular weight is 1570 g/mol. The molecule has 1 saturated heterocycles. The summed E-state index contributed by atoms with van der Waals surface area (Å²) >= 11 is 3.27. The Bertz CT molecular complexity index is 5550. The van der Waals surface area contributed by atoms with Crippen molar-refractivity contribution in [2.24, 2.45) is 0 Å². The van der Waals surface area contributed by atoms with E-state index in [0.29, 0.717) is 22.5 Å². The Morgan fingerprint density at radius 3 is 1.36 bits per heavy atom. The van der Waals surface area contributed by atoms with E-state index >= 15 is 0 Å². The number of aromatic nitrogens is 12. The Morgan fingerprint density at radius 1 is 0.560 bits per heavy atom. The molecule has 0 saturated carbocycles. The predicted molar refractivity (Wildman–Crippen MR) is 392 cm³/mol. The van der Waals surface area contributed by atoms with E-state index in [4.69, 9.17) is 24.9 Å². The summed E-state index contributed by atoms with van der Waals surface area (Å²) in [5.41, 5.74) is -0.849. The van der Waals surface area contributed by atoms with E-state index in [1.165, 1.54) is 26.1 Å². The minimum atomic E-state index is -1.52. The van der Waals surface area contributed by atoms with Crippen LogP contribution in [0.4, 0.5) is 35.5 Å². The summed E-state index contributed by atoms with van der Waals surface area (Å²) in [6.45, 7) is 19.3. The summed E-state index contributed by atoms with van der Waals surface area (Å²) in [6, 6.07) is 15.8. The van der Waals surface area contributed by atoms with Gasteiger partial charge in [-0.15, -0.1) is 0 Å². The Labute approximate surface area is 626 Å². The normalized spacial score (nSPS) is 12.9. The second kappa shape index (κ2) is 34.4. The molecule has 3 aromatic carbocycles. The van der Waals surface area contributed by atoms with Crippen LogP contribution in [0.3, 0.4) is 0 Å². The fourth-order valence-corrected chi connectivity index (χ4v) is 11.2. The van der Waals surface area contributed by atoms with Gasteiger partial charge in [0.05, 0.1) is 115 Å². The van der Waals surface area contributed by atoms with Crippen LogP contribution in [-0.4, -0.2) is 132 Å². The van der Waals surface area contributed by atoms with Crippen molar-refractivity contribution in [1.82, 2.24) is 58.4 Å². The first-order valence-corrected chi connectivity index (χ1v) is 34.0. The summed E-state index contributed by atoms with van der Waals surface area (Å²) in [7, 11) is -1.54. The minimum Gasteiger partial charge on any atom is -0.477 e. The topological polar surface area (TPSA) is 304 Å². The van der Waals surface area contributed by atoms with Crippen molar-refractivity contribution in [2.75, 3.05) is 20.4 Å². The second-order valence-corrected chi connectivity index (χ2v) is 26.8. The largest absolute Gasteiger partial charge is 0.498 e. The number of carboxylic acid groups (broad SMARTS) is 1. The van der Waals surface area contributed by atoms with Gasteiger partial charge in [0.15, 0.2) is 0 Å². The standard InChI is InChI=1S/2C21H16F2N4O3.C18H13BrF2N2O3.C14H23BN2O4.CH3F/c1-2-27-9-13(8-25-27)12-3-4-14(24-7-12)10-26-11-15(21(29)30)20(28)18-16(22)5-6-17(23)19(18)26;1-2-30-21(29)15-11-27(19-17(23)6-5-16(22)18(19)20(15)28)10-14-4-3-12(7-24-14)13-8-25-26-9-13;1-2-26-18(25)12-9-23(8-11-4-3-10(19)7-22-11)16-14(21)6-5-13(20)15(16)17(12)24;1-12(2,3)19-11(18)17-9-10(8-16-17)15-20-13(4,5)14(6,7)21-15;1-2/h3-9,11H,2,10H2,1H3,(H,29,30);3-9,11H,2,10H2,1H3,(H,25,26);3-7,9H,2,8H2,1H3;8-9H,1-7H3;1H3/i;;;;1D. The van der Waals surface area contributed by atoms with Gasteiger partial charge in [-0.2, -0.15) is 20.0 Å². The van der Waals surface area contributed by atoms with E-state index in [9.17, 15) is 69.4 Å². The summed E-state index contributed by atoms with van der Waals surface area (Å²) < 4.78 is 136. The van der Waals surface area contributed by atoms with Crippen molar-refractivity contribution in [1.29, 1.82) is 0 Å². The van der Waals surface area contributed by atoms with Crippen LogP contribution in [0.15, 0.2) is 166 Å². The van der Waals surface area contributed by atoms with Gasteiger partial charge in [0.25, 0.3) is 0 Å². The number of aromatic carboxylic acids is 1. The first-order chi connectivity index (χ1) is 52.1. The number of pyridine rings is 6. The lowest BCUT2D eigenvalue weighted by molar-refractivity contribution is 0.00578. The molecule has 34 heteroatoms. The van der Waals surface area contributed by atoms with E-state index in [1.54, 1.807) is 105 Å². The molecule has 568 valence electrons. The Kier molecular flexibility index (Phi) is 25.2. The van der Waals surface area contributed by atoms with Gasteiger partial charge < -0.3 is 42.3 Å². The molecule has 10 heterocycles. The number of carboxylic acids is 1. The van der Waals surface area contributed by atoms with E-state index in [0.717, 1.165) is 80.5 Å². The monoisotopic (exact) mass is 1570 g/mol. The lowest BCUT2D eigenvalue weighted by atomic mass is 9.82. The van der Waals surface area contributed by atoms with Crippen molar-refractivity contribution in [3.63, 3.8) is 0 Å². The third-order valence-corrected chi connectivity index (χ3v) is 17.3. The van der Waals surface area contributed by atoms with Crippen molar-refractivity contribution in [3.05, 3.63) is 251 Å². The molecule has 1 aliphatic heterocycles. The number of aromatic amines is 1. The molecular formula is C75H71BBrF7N12O13. The number of halogens is 8. The fraction of sp³-hybridized carbons (Fsp3) is 0.267. The molecule has 0 amide bonds. The number of hydrogen-bond donors (Lipinski definition) is 2. The van der Waals surface area contributed by atoms with Crippen LogP contribution in [-0.2, 0) is 49.7 Å². The minimum absolute atomic E-state index is 0.00915. The van der Waals surface area contributed by atoms with Gasteiger partial charge in [-0.3, -0.25) is 43.5 Å². The number of alkyl halides is 1. The highest BCUT2D eigenvalue weighted by Gasteiger charge is 2.52. The third-order valence-electron chi connectivity index (χ3n) is 16.9. The highest BCUT2D eigenvalue weighted by Crippen LogP contribution is 2.37. The smallest absolute Gasteiger partial charge is 0.477 e. The molecule has 9 aromatic heterocycles. The molecule has 25 nitrogen and oxygen atoms in total. The molecule has 0 bridgehead atoms. The maximum absolute atomic E-state index is 14.6. The van der Waals surface area contributed by atoms with Gasteiger partial charge in [-0.1, -0.05) is 12.1 Å². The number of nitrogens with zero attached hydrogens (tertiary/aromatic N) is 11. The average Bonchev–Trinajstić information content (AvgIpc) is 1.17. The van der Waals surface area contributed by atoms with Gasteiger partial charge in [0.1, 0.15) is 57.2 Å². The zero-order chi connectivity index (χ0) is 80.3. The van der Waals surface area contributed by atoms with Crippen LogP contribution >= 0.6 is 15.9 Å². The number of nitrogens with one attached hydrogen (secondary N) is 1.